The van der Waals surface area contributed by atoms with Crippen LogP contribution in [-0.2, 0) is 24.5 Å². The van der Waals surface area contributed by atoms with Gasteiger partial charge in [0.15, 0.2) is 0 Å². The maximum Gasteiger partial charge on any atom is 0.257 e. The number of ether oxygens (including phenoxy) is 1. The van der Waals surface area contributed by atoms with Crippen molar-refractivity contribution in [3.8, 4) is 0 Å². The third-order valence-corrected chi connectivity index (χ3v) is 9.32. The SMILES string of the molecule is Cc1ccc(S(=O)(=O)NNC2=CCC3(CC2)OOC2(O3)C3CC4CC(C3)CC2C4)cc1. The van der Waals surface area contributed by atoms with Crippen LogP contribution in [0.2, 0.25) is 0 Å². The van der Waals surface area contributed by atoms with E-state index in [4.69, 9.17) is 14.5 Å². The highest BCUT2D eigenvalue weighted by Gasteiger charge is 2.66. The predicted molar refractivity (Wildman–Crippen MR) is 112 cm³/mol. The van der Waals surface area contributed by atoms with Gasteiger partial charge >= 0.3 is 0 Å². The molecule has 8 heteroatoms. The van der Waals surface area contributed by atoms with E-state index < -0.39 is 21.6 Å². The van der Waals surface area contributed by atoms with Crippen molar-refractivity contribution in [2.45, 2.75) is 74.8 Å². The van der Waals surface area contributed by atoms with Crippen molar-refractivity contribution in [1.29, 1.82) is 0 Å². The number of sulfonamides is 1. The largest absolute Gasteiger partial charge is 0.312 e. The van der Waals surface area contributed by atoms with Gasteiger partial charge in [0.2, 0.25) is 11.6 Å². The van der Waals surface area contributed by atoms with Crippen molar-refractivity contribution >= 4 is 10.0 Å². The average Bonchev–Trinajstić information content (AvgIpc) is 3.12. The van der Waals surface area contributed by atoms with Crippen LogP contribution in [0.5, 0.6) is 0 Å². The molecule has 0 radical (unpaired) electrons. The molecule has 1 saturated heterocycles. The lowest BCUT2D eigenvalue weighted by molar-refractivity contribution is -0.389. The molecule has 0 aromatic heterocycles. The van der Waals surface area contributed by atoms with Gasteiger partial charge in [0.25, 0.3) is 10.0 Å². The van der Waals surface area contributed by atoms with Crippen LogP contribution < -0.4 is 10.3 Å². The quantitative estimate of drug-likeness (QED) is 0.542. The van der Waals surface area contributed by atoms with Crippen LogP contribution in [0.4, 0.5) is 0 Å². The molecule has 4 bridgehead atoms. The summed E-state index contributed by atoms with van der Waals surface area (Å²) in [7, 11) is -3.63. The first-order chi connectivity index (χ1) is 14.9. The Bertz CT molecular complexity index is 977. The summed E-state index contributed by atoms with van der Waals surface area (Å²) in [5, 5.41) is 0. The van der Waals surface area contributed by atoms with Crippen LogP contribution >= 0.6 is 0 Å². The molecule has 1 aromatic rings. The van der Waals surface area contributed by atoms with Crippen LogP contribution in [-0.4, -0.2) is 20.0 Å². The molecule has 4 saturated carbocycles. The maximum absolute atomic E-state index is 12.5. The minimum Gasteiger partial charge on any atom is -0.312 e. The fraction of sp³-hybridized carbons (Fsp3) is 0.652. The number of allylic oxidation sites excluding steroid dienone is 1. The lowest BCUT2D eigenvalue weighted by Crippen LogP contribution is -2.59. The zero-order chi connectivity index (χ0) is 21.3. The van der Waals surface area contributed by atoms with Crippen molar-refractivity contribution in [1.82, 2.24) is 10.3 Å². The van der Waals surface area contributed by atoms with Gasteiger partial charge in [0.05, 0.1) is 4.90 Å². The van der Waals surface area contributed by atoms with Crippen LogP contribution in [0.25, 0.3) is 0 Å². The third kappa shape index (κ3) is 3.35. The lowest BCUT2D eigenvalue weighted by Gasteiger charge is -2.57. The Hall–Kier alpha value is -1.45. The van der Waals surface area contributed by atoms with Gasteiger partial charge in [-0.25, -0.2) is 8.42 Å². The molecular formula is C23H30N2O5S. The number of benzene rings is 1. The second-order valence-electron chi connectivity index (χ2n) is 10.2. The Morgan fingerprint density at radius 2 is 1.65 bits per heavy atom. The van der Waals surface area contributed by atoms with E-state index in [9.17, 15) is 8.42 Å². The van der Waals surface area contributed by atoms with Crippen LogP contribution in [0.15, 0.2) is 40.9 Å². The molecule has 1 unspecified atom stereocenters. The summed E-state index contributed by atoms with van der Waals surface area (Å²) in [5.41, 5.74) is 4.71. The molecule has 31 heavy (non-hydrogen) atoms. The Morgan fingerprint density at radius 1 is 0.968 bits per heavy atom. The fourth-order valence-electron chi connectivity index (χ4n) is 6.61. The monoisotopic (exact) mass is 446 g/mol. The fourth-order valence-corrected chi connectivity index (χ4v) is 7.49. The summed E-state index contributed by atoms with van der Waals surface area (Å²) in [6.07, 6.45) is 9.89. The van der Waals surface area contributed by atoms with Gasteiger partial charge < -0.3 is 10.2 Å². The third-order valence-electron chi connectivity index (χ3n) is 8.06. The summed E-state index contributed by atoms with van der Waals surface area (Å²) >= 11 is 0. The van der Waals surface area contributed by atoms with Crippen molar-refractivity contribution < 1.29 is 22.9 Å². The maximum atomic E-state index is 12.5. The molecule has 0 amide bonds. The van der Waals surface area contributed by atoms with Gasteiger partial charge in [-0.15, -0.1) is 4.83 Å². The van der Waals surface area contributed by atoms with Crippen molar-refractivity contribution in [2.75, 3.05) is 0 Å². The van der Waals surface area contributed by atoms with E-state index in [0.29, 0.717) is 31.1 Å². The predicted octanol–water partition coefficient (Wildman–Crippen LogP) is 3.67. The summed E-state index contributed by atoms with van der Waals surface area (Å²) in [6.45, 7) is 1.93. The molecule has 7 rings (SSSR count). The number of hydrogen-bond donors (Lipinski definition) is 2. The average molecular weight is 447 g/mol. The summed E-state index contributed by atoms with van der Waals surface area (Å²) in [4.78, 5) is 14.7. The smallest absolute Gasteiger partial charge is 0.257 e. The second kappa shape index (κ2) is 7.02. The summed E-state index contributed by atoms with van der Waals surface area (Å²) < 4.78 is 31.7. The number of aryl methyl sites for hydroxylation is 1. The van der Waals surface area contributed by atoms with E-state index in [1.807, 2.05) is 13.0 Å². The molecule has 5 fully saturated rings. The van der Waals surface area contributed by atoms with E-state index in [1.54, 1.807) is 24.3 Å². The van der Waals surface area contributed by atoms with Crippen molar-refractivity contribution in [2.24, 2.45) is 23.7 Å². The van der Waals surface area contributed by atoms with E-state index in [1.165, 1.54) is 32.1 Å². The number of hydrogen-bond acceptors (Lipinski definition) is 6. The Labute approximate surface area is 183 Å². The molecule has 1 aromatic carbocycles. The Balaban J connectivity index is 1.11. The molecule has 2 N–H and O–H groups in total. The minimum atomic E-state index is -3.63. The highest BCUT2D eigenvalue weighted by molar-refractivity contribution is 7.89. The van der Waals surface area contributed by atoms with Gasteiger partial charge in [0, 0.05) is 30.4 Å². The zero-order valence-electron chi connectivity index (χ0n) is 17.8. The van der Waals surface area contributed by atoms with Crippen LogP contribution in [0.1, 0.15) is 56.9 Å². The first kappa shape index (κ1) is 20.2. The molecule has 1 heterocycles. The molecule has 1 atom stereocenters. The molecule has 1 aliphatic heterocycles. The van der Waals surface area contributed by atoms with E-state index in [0.717, 1.165) is 23.1 Å². The topological polar surface area (TPSA) is 85.9 Å². The van der Waals surface area contributed by atoms with E-state index in [2.05, 4.69) is 10.3 Å². The molecule has 168 valence electrons. The first-order valence-electron chi connectivity index (χ1n) is 11.5. The van der Waals surface area contributed by atoms with Crippen LogP contribution in [0, 0.1) is 30.6 Å². The van der Waals surface area contributed by atoms with Crippen molar-refractivity contribution in [3.63, 3.8) is 0 Å². The highest BCUT2D eigenvalue weighted by atomic mass is 32.2. The standard InChI is InChI=1S/C23H30N2O5S/c1-15-2-4-21(5-3-15)31(26,27)25-24-20-6-8-22(9-7-20)28-23(30-29-22)18-11-16-10-17(13-18)14-19(23)12-16/h2-6,16-19,24-25H,7-14H2,1H3. The normalized spacial score (nSPS) is 41.1. The molecule has 5 aliphatic carbocycles. The van der Waals surface area contributed by atoms with E-state index >= 15 is 0 Å². The van der Waals surface area contributed by atoms with Gasteiger partial charge in [-0.2, -0.15) is 9.78 Å². The van der Waals surface area contributed by atoms with Gasteiger partial charge in [-0.05, 0) is 69.4 Å². The molecule has 7 nitrogen and oxygen atoms in total. The molecule has 2 spiro atoms. The van der Waals surface area contributed by atoms with Crippen LogP contribution in [0.3, 0.4) is 0 Å². The first-order valence-corrected chi connectivity index (χ1v) is 12.9. The summed E-state index contributed by atoms with van der Waals surface area (Å²) in [5.74, 6) is 1.22. The van der Waals surface area contributed by atoms with Gasteiger partial charge in [-0.3, -0.25) is 0 Å². The summed E-state index contributed by atoms with van der Waals surface area (Å²) in [6, 6.07) is 6.77. The molecule has 6 aliphatic rings. The number of rotatable bonds is 4. The molecular weight excluding hydrogens is 416 g/mol. The minimum absolute atomic E-state index is 0.234. The Kier molecular flexibility index (Phi) is 4.57. The van der Waals surface area contributed by atoms with Gasteiger partial charge in [-0.1, -0.05) is 23.8 Å². The lowest BCUT2D eigenvalue weighted by atomic mass is 9.53. The zero-order valence-corrected chi connectivity index (χ0v) is 18.6. The van der Waals surface area contributed by atoms with Crippen molar-refractivity contribution in [3.05, 3.63) is 41.6 Å². The highest BCUT2D eigenvalue weighted by Crippen LogP contribution is 2.63. The van der Waals surface area contributed by atoms with Gasteiger partial charge in [0.1, 0.15) is 0 Å². The second-order valence-corrected chi connectivity index (χ2v) is 11.9. The number of nitrogens with one attached hydrogen (secondary N) is 2. The Morgan fingerprint density at radius 3 is 2.26 bits per heavy atom. The van der Waals surface area contributed by atoms with E-state index in [-0.39, 0.29) is 4.90 Å². The number of hydrazine groups is 1.